The minimum atomic E-state index is -4.76. The van der Waals surface area contributed by atoms with Crippen LogP contribution >= 0.6 is 11.6 Å². The van der Waals surface area contributed by atoms with Gasteiger partial charge < -0.3 is 10.4 Å². The third-order valence-electron chi connectivity index (χ3n) is 2.84. The van der Waals surface area contributed by atoms with Crippen molar-refractivity contribution in [2.75, 3.05) is 13.7 Å². The Morgan fingerprint density at radius 2 is 2.17 bits per heavy atom. The summed E-state index contributed by atoms with van der Waals surface area (Å²) in [6.07, 6.45) is -0.932. The van der Waals surface area contributed by atoms with E-state index < -0.39 is 23.2 Å². The second-order valence-corrected chi connectivity index (χ2v) is 4.84. The van der Waals surface area contributed by atoms with Gasteiger partial charge in [-0.05, 0) is 23.8 Å². The summed E-state index contributed by atoms with van der Waals surface area (Å²) in [6, 6.07) is 3.03. The normalized spacial score (nSPS) is 12.3. The fourth-order valence-corrected chi connectivity index (χ4v) is 2.02. The number of carbonyl (C=O) groups excluding carboxylic acids is 1. The van der Waals surface area contributed by atoms with Crippen molar-refractivity contribution in [3.63, 3.8) is 0 Å². The molecule has 1 amide bonds. The minimum absolute atomic E-state index is 0.351. The van der Waals surface area contributed by atoms with E-state index in [2.05, 4.69) is 17.1 Å². The molecular formula is C15H15ClF3N3O2. The molecular weight excluding hydrogens is 347 g/mol. The van der Waals surface area contributed by atoms with Crippen LogP contribution in [0.1, 0.15) is 15.9 Å². The van der Waals surface area contributed by atoms with E-state index in [9.17, 15) is 18.0 Å². The molecule has 130 valence electrons. The SMILES string of the molecule is C=NN(/C=C/C(=C\NC)CO)C(=O)c1c(Cl)cccc1C(F)(F)F. The molecule has 0 saturated carbocycles. The van der Waals surface area contributed by atoms with Crippen LogP contribution in [0.2, 0.25) is 5.02 Å². The van der Waals surface area contributed by atoms with Gasteiger partial charge in [0.1, 0.15) is 0 Å². The third kappa shape index (κ3) is 4.84. The lowest BCUT2D eigenvalue weighted by molar-refractivity contribution is -0.138. The molecule has 0 spiro atoms. The molecule has 0 atom stereocenters. The molecule has 0 saturated heterocycles. The predicted octanol–water partition coefficient (Wildman–Crippen LogP) is 3.03. The molecule has 24 heavy (non-hydrogen) atoms. The number of halogens is 4. The van der Waals surface area contributed by atoms with Gasteiger partial charge in [0.05, 0.1) is 22.8 Å². The van der Waals surface area contributed by atoms with Crippen LogP contribution < -0.4 is 5.32 Å². The van der Waals surface area contributed by atoms with E-state index in [0.29, 0.717) is 10.6 Å². The lowest BCUT2D eigenvalue weighted by atomic mass is 10.1. The van der Waals surface area contributed by atoms with Crippen LogP contribution in [0.15, 0.2) is 47.3 Å². The fourth-order valence-electron chi connectivity index (χ4n) is 1.77. The van der Waals surface area contributed by atoms with Gasteiger partial charge in [-0.2, -0.15) is 18.3 Å². The lowest BCUT2D eigenvalue weighted by Gasteiger charge is -2.17. The highest BCUT2D eigenvalue weighted by Gasteiger charge is 2.37. The average Bonchev–Trinajstić information content (AvgIpc) is 2.52. The Kier molecular flexibility index (Phi) is 6.99. The van der Waals surface area contributed by atoms with Crippen molar-refractivity contribution in [1.29, 1.82) is 0 Å². The first-order valence-electron chi connectivity index (χ1n) is 6.57. The largest absolute Gasteiger partial charge is 0.417 e. The number of amides is 1. The standard InChI is InChI=1S/C15H15ClF3N3O2/c1-20-8-10(9-23)6-7-22(21-2)14(24)13-11(15(17,18)19)4-3-5-12(13)16/h3-8,20,23H,2,9H2,1H3/b7-6+,10-8+. The van der Waals surface area contributed by atoms with Crippen LogP contribution in [-0.4, -0.2) is 36.4 Å². The summed E-state index contributed by atoms with van der Waals surface area (Å²) < 4.78 is 39.2. The van der Waals surface area contributed by atoms with Crippen molar-refractivity contribution in [2.24, 2.45) is 5.10 Å². The molecule has 1 aromatic rings. The van der Waals surface area contributed by atoms with Crippen LogP contribution in [0, 0.1) is 0 Å². The Balaban J connectivity index is 3.27. The summed E-state index contributed by atoms with van der Waals surface area (Å²) in [7, 11) is 1.59. The van der Waals surface area contributed by atoms with Crippen LogP contribution in [-0.2, 0) is 6.18 Å². The number of alkyl halides is 3. The van der Waals surface area contributed by atoms with Crippen molar-refractivity contribution in [3.8, 4) is 0 Å². The molecule has 9 heteroatoms. The first-order chi connectivity index (χ1) is 11.3. The summed E-state index contributed by atoms with van der Waals surface area (Å²) in [5.41, 5.74) is -1.53. The Labute approximate surface area is 141 Å². The molecule has 0 heterocycles. The maximum absolute atomic E-state index is 13.1. The van der Waals surface area contributed by atoms with Gasteiger partial charge in [0.2, 0.25) is 0 Å². The zero-order valence-electron chi connectivity index (χ0n) is 12.6. The number of aliphatic hydroxyl groups is 1. The molecule has 0 unspecified atom stereocenters. The van der Waals surface area contributed by atoms with E-state index in [-0.39, 0.29) is 11.6 Å². The van der Waals surface area contributed by atoms with Gasteiger partial charge in [-0.15, -0.1) is 0 Å². The van der Waals surface area contributed by atoms with Gasteiger partial charge in [-0.1, -0.05) is 17.7 Å². The van der Waals surface area contributed by atoms with Crippen LogP contribution in [0.5, 0.6) is 0 Å². The topological polar surface area (TPSA) is 64.9 Å². The predicted molar refractivity (Wildman–Crippen MR) is 85.5 cm³/mol. The second-order valence-electron chi connectivity index (χ2n) is 4.43. The number of hydrogen-bond donors (Lipinski definition) is 2. The van der Waals surface area contributed by atoms with Gasteiger partial charge >= 0.3 is 6.18 Å². The van der Waals surface area contributed by atoms with E-state index in [1.165, 1.54) is 18.3 Å². The molecule has 5 nitrogen and oxygen atoms in total. The number of hydrogen-bond acceptors (Lipinski definition) is 4. The van der Waals surface area contributed by atoms with Crippen LogP contribution in [0.3, 0.4) is 0 Å². The van der Waals surface area contributed by atoms with E-state index in [0.717, 1.165) is 18.3 Å². The summed E-state index contributed by atoms with van der Waals surface area (Å²) >= 11 is 5.78. The van der Waals surface area contributed by atoms with Crippen molar-refractivity contribution >= 4 is 24.2 Å². The summed E-state index contributed by atoms with van der Waals surface area (Å²) in [4.78, 5) is 12.4. The third-order valence-corrected chi connectivity index (χ3v) is 3.15. The molecule has 0 bridgehead atoms. The van der Waals surface area contributed by atoms with Crippen molar-refractivity contribution in [2.45, 2.75) is 6.18 Å². The van der Waals surface area contributed by atoms with Gasteiger partial charge in [-0.3, -0.25) is 4.79 Å². The van der Waals surface area contributed by atoms with Crippen molar-refractivity contribution in [1.82, 2.24) is 10.3 Å². The highest BCUT2D eigenvalue weighted by molar-refractivity contribution is 6.34. The second kappa shape index (κ2) is 8.51. The van der Waals surface area contributed by atoms with Gasteiger partial charge in [0, 0.05) is 26.2 Å². The first kappa shape index (κ1) is 19.7. The number of rotatable bonds is 6. The number of nitrogens with zero attached hydrogens (tertiary/aromatic N) is 2. The van der Waals surface area contributed by atoms with Crippen LogP contribution in [0.25, 0.3) is 0 Å². The molecule has 0 aliphatic rings. The number of aliphatic hydroxyl groups excluding tert-OH is 1. The number of nitrogens with one attached hydrogen (secondary N) is 1. The molecule has 0 aliphatic carbocycles. The Hall–Kier alpha value is -2.32. The Morgan fingerprint density at radius 3 is 2.67 bits per heavy atom. The van der Waals surface area contributed by atoms with Gasteiger partial charge in [-0.25, -0.2) is 5.01 Å². The number of carbonyl (C=O) groups is 1. The summed E-state index contributed by atoms with van der Waals surface area (Å²) in [5.74, 6) is -1.10. The van der Waals surface area contributed by atoms with E-state index in [4.69, 9.17) is 16.7 Å². The lowest BCUT2D eigenvalue weighted by Crippen LogP contribution is -2.24. The van der Waals surface area contributed by atoms with E-state index >= 15 is 0 Å². The van der Waals surface area contributed by atoms with Crippen molar-refractivity contribution < 1.29 is 23.1 Å². The highest BCUT2D eigenvalue weighted by atomic mass is 35.5. The highest BCUT2D eigenvalue weighted by Crippen LogP contribution is 2.35. The van der Waals surface area contributed by atoms with E-state index in [1.807, 2.05) is 0 Å². The Bertz CT molecular complexity index is 672. The molecule has 0 radical (unpaired) electrons. The van der Waals surface area contributed by atoms with E-state index in [1.54, 1.807) is 7.05 Å². The zero-order chi connectivity index (χ0) is 18.3. The number of hydrazone groups is 1. The Morgan fingerprint density at radius 1 is 1.50 bits per heavy atom. The molecule has 0 aromatic heterocycles. The quantitative estimate of drug-likeness (QED) is 0.465. The maximum atomic E-state index is 13.1. The summed E-state index contributed by atoms with van der Waals surface area (Å²) in [6.45, 7) is 2.81. The first-order valence-corrected chi connectivity index (χ1v) is 6.95. The monoisotopic (exact) mass is 361 g/mol. The average molecular weight is 362 g/mol. The minimum Gasteiger partial charge on any atom is -0.394 e. The van der Waals surface area contributed by atoms with Gasteiger partial charge in [0.15, 0.2) is 0 Å². The van der Waals surface area contributed by atoms with Gasteiger partial charge in [0.25, 0.3) is 5.91 Å². The molecule has 0 fully saturated rings. The fraction of sp³-hybridized carbons (Fsp3) is 0.200. The molecule has 2 N–H and O–H groups in total. The van der Waals surface area contributed by atoms with Crippen LogP contribution in [0.4, 0.5) is 13.2 Å². The summed E-state index contributed by atoms with van der Waals surface area (Å²) in [5, 5.41) is 15.4. The van der Waals surface area contributed by atoms with Crippen molar-refractivity contribution in [3.05, 3.63) is 58.4 Å². The molecule has 0 aliphatic heterocycles. The maximum Gasteiger partial charge on any atom is 0.417 e. The zero-order valence-corrected chi connectivity index (χ0v) is 13.4. The smallest absolute Gasteiger partial charge is 0.394 e. The number of benzene rings is 1. The molecule has 1 aromatic carbocycles. The molecule has 1 rings (SSSR count).